The minimum Gasteiger partial charge on any atom is -0.508 e. The minimum absolute atomic E-state index is 0.0818. The lowest BCUT2D eigenvalue weighted by Gasteiger charge is -2.20. The van der Waals surface area contributed by atoms with Crippen LogP contribution in [0.2, 0.25) is 0 Å². The van der Waals surface area contributed by atoms with Crippen LogP contribution in [0.5, 0.6) is 5.75 Å². The van der Waals surface area contributed by atoms with Crippen molar-refractivity contribution >= 4 is 11.6 Å². The summed E-state index contributed by atoms with van der Waals surface area (Å²) in [6, 6.07) is 15.0. The first-order valence-corrected chi connectivity index (χ1v) is 7.28. The van der Waals surface area contributed by atoms with Gasteiger partial charge >= 0.3 is 0 Å². The van der Waals surface area contributed by atoms with Gasteiger partial charge in [0, 0.05) is 18.9 Å². The summed E-state index contributed by atoms with van der Waals surface area (Å²) in [5.41, 5.74) is 3.90. The van der Waals surface area contributed by atoms with Gasteiger partial charge in [0.05, 0.1) is 11.8 Å². The Bertz CT molecular complexity index is 752. The number of amides is 1. The van der Waals surface area contributed by atoms with Crippen LogP contribution in [0, 0.1) is 6.92 Å². The number of hydrogen-bond donors (Lipinski definition) is 1. The van der Waals surface area contributed by atoms with Crippen molar-refractivity contribution in [3.63, 3.8) is 0 Å². The summed E-state index contributed by atoms with van der Waals surface area (Å²) in [7, 11) is 0. The number of benzene rings is 2. The molecule has 0 saturated carbocycles. The van der Waals surface area contributed by atoms with E-state index in [1.165, 1.54) is 11.9 Å². The lowest BCUT2D eigenvalue weighted by molar-refractivity contribution is -0.130. The third kappa shape index (κ3) is 2.72. The first kappa shape index (κ1) is 14.3. The molecule has 0 aliphatic carbocycles. The van der Waals surface area contributed by atoms with Crippen LogP contribution in [0.4, 0.5) is 0 Å². The predicted octanol–water partition coefficient (Wildman–Crippen LogP) is 3.40. The van der Waals surface area contributed by atoms with E-state index in [1.807, 2.05) is 31.2 Å². The van der Waals surface area contributed by atoms with Gasteiger partial charge < -0.3 is 5.11 Å². The number of carbonyl (C=O) groups excluding carboxylic acids is 1. The molecule has 2 aromatic rings. The van der Waals surface area contributed by atoms with Crippen molar-refractivity contribution < 1.29 is 9.90 Å². The van der Waals surface area contributed by atoms with E-state index in [0.29, 0.717) is 6.42 Å². The van der Waals surface area contributed by atoms with E-state index in [-0.39, 0.29) is 17.7 Å². The zero-order chi connectivity index (χ0) is 15.7. The summed E-state index contributed by atoms with van der Waals surface area (Å²) in [5, 5.41) is 15.6. The van der Waals surface area contributed by atoms with Gasteiger partial charge in [-0.15, -0.1) is 0 Å². The monoisotopic (exact) mass is 294 g/mol. The number of rotatable bonds is 2. The van der Waals surface area contributed by atoms with Crippen molar-refractivity contribution in [1.29, 1.82) is 0 Å². The summed E-state index contributed by atoms with van der Waals surface area (Å²) >= 11 is 0. The topological polar surface area (TPSA) is 52.9 Å². The lowest BCUT2D eigenvalue weighted by atomic mass is 9.97. The van der Waals surface area contributed by atoms with E-state index in [9.17, 15) is 9.90 Å². The standard InChI is InChI=1S/C18H18N2O2/c1-12-5-3-7-15(9-12)18-11-17(19-20(18)13(2)21)14-6-4-8-16(22)10-14/h3-10,18,22H,11H2,1-2H3. The van der Waals surface area contributed by atoms with Crippen LogP contribution in [0.15, 0.2) is 53.6 Å². The van der Waals surface area contributed by atoms with Crippen molar-refractivity contribution in [2.24, 2.45) is 5.10 Å². The zero-order valence-corrected chi connectivity index (χ0v) is 12.7. The molecule has 1 aliphatic rings. The summed E-state index contributed by atoms with van der Waals surface area (Å²) in [5.74, 6) is 0.121. The lowest BCUT2D eigenvalue weighted by Crippen LogP contribution is -2.24. The average molecular weight is 294 g/mol. The number of hydrogen-bond acceptors (Lipinski definition) is 3. The third-order valence-corrected chi connectivity index (χ3v) is 3.84. The van der Waals surface area contributed by atoms with Gasteiger partial charge in [0.25, 0.3) is 0 Å². The van der Waals surface area contributed by atoms with Crippen LogP contribution in [-0.4, -0.2) is 21.7 Å². The number of nitrogens with zero attached hydrogens (tertiary/aromatic N) is 2. The molecule has 2 aromatic carbocycles. The van der Waals surface area contributed by atoms with Gasteiger partial charge in [-0.2, -0.15) is 5.10 Å². The molecular weight excluding hydrogens is 276 g/mol. The molecule has 4 nitrogen and oxygen atoms in total. The fourth-order valence-corrected chi connectivity index (χ4v) is 2.80. The molecule has 0 radical (unpaired) electrons. The van der Waals surface area contributed by atoms with E-state index in [2.05, 4.69) is 11.2 Å². The molecule has 4 heteroatoms. The Balaban J connectivity index is 1.96. The number of aromatic hydroxyl groups is 1. The molecule has 0 bridgehead atoms. The first-order chi connectivity index (χ1) is 10.5. The van der Waals surface area contributed by atoms with Crippen LogP contribution >= 0.6 is 0 Å². The van der Waals surface area contributed by atoms with Crippen LogP contribution < -0.4 is 0 Å². The van der Waals surface area contributed by atoms with Gasteiger partial charge in [0.1, 0.15) is 5.75 Å². The van der Waals surface area contributed by atoms with Gasteiger partial charge in [0.2, 0.25) is 5.91 Å². The molecule has 1 amide bonds. The Kier molecular flexibility index (Phi) is 3.67. The molecule has 1 unspecified atom stereocenters. The fourth-order valence-electron chi connectivity index (χ4n) is 2.80. The molecule has 22 heavy (non-hydrogen) atoms. The van der Waals surface area contributed by atoms with Crippen molar-refractivity contribution in [2.75, 3.05) is 0 Å². The van der Waals surface area contributed by atoms with Crippen molar-refractivity contribution in [1.82, 2.24) is 5.01 Å². The number of carbonyl (C=O) groups is 1. The molecule has 1 atom stereocenters. The van der Waals surface area contributed by atoms with Gasteiger partial charge in [-0.3, -0.25) is 4.79 Å². The molecular formula is C18H18N2O2. The van der Waals surface area contributed by atoms with Gasteiger partial charge in [0.15, 0.2) is 0 Å². The molecule has 112 valence electrons. The largest absolute Gasteiger partial charge is 0.508 e. The number of aryl methyl sites for hydroxylation is 1. The van der Waals surface area contributed by atoms with E-state index in [4.69, 9.17) is 0 Å². The highest BCUT2D eigenvalue weighted by atomic mass is 16.3. The summed E-state index contributed by atoms with van der Waals surface area (Å²) in [6.07, 6.45) is 0.645. The normalized spacial score (nSPS) is 17.5. The van der Waals surface area contributed by atoms with Crippen molar-refractivity contribution in [2.45, 2.75) is 26.3 Å². The smallest absolute Gasteiger partial charge is 0.240 e. The maximum absolute atomic E-state index is 11.9. The summed E-state index contributed by atoms with van der Waals surface area (Å²) < 4.78 is 0. The molecule has 1 N–H and O–H groups in total. The van der Waals surface area contributed by atoms with Crippen LogP contribution in [-0.2, 0) is 4.79 Å². The highest BCUT2D eigenvalue weighted by molar-refractivity contribution is 6.03. The summed E-state index contributed by atoms with van der Waals surface area (Å²) in [4.78, 5) is 11.9. The van der Waals surface area contributed by atoms with Crippen LogP contribution in [0.1, 0.15) is 36.1 Å². The third-order valence-electron chi connectivity index (χ3n) is 3.84. The Morgan fingerprint density at radius 1 is 1.23 bits per heavy atom. The van der Waals surface area contributed by atoms with Crippen LogP contribution in [0.3, 0.4) is 0 Å². The average Bonchev–Trinajstić information content (AvgIpc) is 2.92. The molecule has 0 fully saturated rings. The first-order valence-electron chi connectivity index (χ1n) is 7.28. The van der Waals surface area contributed by atoms with Gasteiger partial charge in [-0.25, -0.2) is 5.01 Å². The Morgan fingerprint density at radius 2 is 2.00 bits per heavy atom. The van der Waals surface area contributed by atoms with Crippen LogP contribution in [0.25, 0.3) is 0 Å². The number of phenols is 1. The minimum atomic E-state index is -0.0882. The van der Waals surface area contributed by atoms with Crippen molar-refractivity contribution in [3.05, 3.63) is 65.2 Å². The van der Waals surface area contributed by atoms with E-state index in [0.717, 1.165) is 22.4 Å². The summed E-state index contributed by atoms with van der Waals surface area (Å²) in [6.45, 7) is 3.56. The number of hydrazone groups is 1. The molecule has 0 saturated heterocycles. The zero-order valence-electron chi connectivity index (χ0n) is 12.7. The Morgan fingerprint density at radius 3 is 2.68 bits per heavy atom. The van der Waals surface area contributed by atoms with Gasteiger partial charge in [-0.1, -0.05) is 42.0 Å². The van der Waals surface area contributed by atoms with Crippen molar-refractivity contribution in [3.8, 4) is 5.75 Å². The maximum Gasteiger partial charge on any atom is 0.240 e. The molecule has 1 aliphatic heterocycles. The fraction of sp³-hybridized carbons (Fsp3) is 0.222. The molecule has 0 aromatic heterocycles. The highest BCUT2D eigenvalue weighted by Gasteiger charge is 2.31. The predicted molar refractivity (Wildman–Crippen MR) is 85.7 cm³/mol. The van der Waals surface area contributed by atoms with E-state index >= 15 is 0 Å². The van der Waals surface area contributed by atoms with Gasteiger partial charge in [-0.05, 0) is 24.6 Å². The maximum atomic E-state index is 11.9. The SMILES string of the molecule is CC(=O)N1N=C(c2cccc(O)c2)CC1c1cccc(C)c1. The second-order valence-electron chi connectivity index (χ2n) is 5.59. The second kappa shape index (κ2) is 5.64. The molecule has 1 heterocycles. The van der Waals surface area contributed by atoms with E-state index in [1.54, 1.807) is 18.2 Å². The quantitative estimate of drug-likeness (QED) is 0.923. The Labute approximate surface area is 129 Å². The molecule has 0 spiro atoms. The molecule has 3 rings (SSSR count). The Hall–Kier alpha value is -2.62. The highest BCUT2D eigenvalue weighted by Crippen LogP contribution is 2.33. The number of phenolic OH excluding ortho intramolecular Hbond substituents is 1. The van der Waals surface area contributed by atoms with E-state index < -0.39 is 0 Å². The second-order valence-corrected chi connectivity index (χ2v) is 5.59.